The fraction of sp³-hybridized carbons (Fsp3) is 0.562. The lowest BCUT2D eigenvalue weighted by Crippen LogP contribution is -2.29. The van der Waals surface area contributed by atoms with Crippen molar-refractivity contribution in [2.45, 2.75) is 33.1 Å². The van der Waals surface area contributed by atoms with Gasteiger partial charge in [-0.2, -0.15) is 0 Å². The largest absolute Gasteiger partial charge is 0.463 e. The van der Waals surface area contributed by atoms with Crippen molar-refractivity contribution in [1.82, 2.24) is 0 Å². The van der Waals surface area contributed by atoms with E-state index in [1.807, 2.05) is 32.0 Å². The van der Waals surface area contributed by atoms with Crippen LogP contribution < -0.4 is 0 Å². The van der Waals surface area contributed by atoms with Gasteiger partial charge in [0, 0.05) is 7.11 Å². The third kappa shape index (κ3) is 5.03. The van der Waals surface area contributed by atoms with Crippen molar-refractivity contribution in [3.63, 3.8) is 0 Å². The molecule has 0 N–H and O–H groups in total. The van der Waals surface area contributed by atoms with Gasteiger partial charge in [-0.25, -0.2) is 0 Å². The Labute approximate surface area is 115 Å². The second-order valence-electron chi connectivity index (χ2n) is 5.53. The van der Waals surface area contributed by atoms with Crippen LogP contribution >= 0.6 is 0 Å². The average molecular weight is 264 g/mol. The van der Waals surface area contributed by atoms with Crippen LogP contribution in [-0.2, 0) is 14.3 Å². The van der Waals surface area contributed by atoms with Gasteiger partial charge in [0.1, 0.15) is 6.61 Å². The topological polar surface area (TPSA) is 35.5 Å². The van der Waals surface area contributed by atoms with E-state index in [4.69, 9.17) is 9.47 Å². The molecule has 0 radical (unpaired) electrons. The highest BCUT2D eigenvalue weighted by Crippen LogP contribution is 2.32. The molecule has 0 aromatic heterocycles. The van der Waals surface area contributed by atoms with Crippen LogP contribution in [0.5, 0.6) is 0 Å². The first kappa shape index (κ1) is 15.7. The van der Waals surface area contributed by atoms with Crippen LogP contribution in [0.1, 0.15) is 38.7 Å². The molecule has 3 heteroatoms. The van der Waals surface area contributed by atoms with E-state index in [0.29, 0.717) is 19.1 Å². The molecule has 0 aliphatic rings. The van der Waals surface area contributed by atoms with Gasteiger partial charge in [-0.1, -0.05) is 37.3 Å². The molecule has 1 atom stereocenters. The lowest BCUT2D eigenvalue weighted by molar-refractivity contribution is -0.155. The minimum absolute atomic E-state index is 0.160. The minimum atomic E-state index is -0.483. The van der Waals surface area contributed by atoms with Crippen LogP contribution in [0.15, 0.2) is 30.3 Å². The Morgan fingerprint density at radius 3 is 2.42 bits per heavy atom. The molecule has 0 bridgehead atoms. The molecular weight excluding hydrogens is 240 g/mol. The molecule has 1 aromatic rings. The van der Waals surface area contributed by atoms with E-state index >= 15 is 0 Å². The van der Waals surface area contributed by atoms with Crippen molar-refractivity contribution in [2.75, 3.05) is 20.3 Å². The molecule has 1 rings (SSSR count). The van der Waals surface area contributed by atoms with E-state index in [1.165, 1.54) is 5.56 Å². The molecule has 0 fully saturated rings. The van der Waals surface area contributed by atoms with Gasteiger partial charge in [0.25, 0.3) is 0 Å². The van der Waals surface area contributed by atoms with Crippen LogP contribution in [0.25, 0.3) is 0 Å². The van der Waals surface area contributed by atoms with E-state index < -0.39 is 5.41 Å². The zero-order valence-electron chi connectivity index (χ0n) is 12.3. The Hall–Kier alpha value is -1.35. The Bertz CT molecular complexity index is 384. The first-order valence-corrected chi connectivity index (χ1v) is 6.68. The summed E-state index contributed by atoms with van der Waals surface area (Å²) in [6.07, 6.45) is 0.767. The molecule has 0 heterocycles. The zero-order chi connectivity index (χ0) is 14.3. The van der Waals surface area contributed by atoms with Crippen molar-refractivity contribution in [1.29, 1.82) is 0 Å². The van der Waals surface area contributed by atoms with Gasteiger partial charge in [-0.15, -0.1) is 0 Å². The van der Waals surface area contributed by atoms with Gasteiger partial charge in [0.2, 0.25) is 0 Å². The Kier molecular flexibility index (Phi) is 6.03. The Balaban J connectivity index is 2.56. The fourth-order valence-corrected chi connectivity index (χ4v) is 2.16. The molecule has 0 spiro atoms. The van der Waals surface area contributed by atoms with Crippen molar-refractivity contribution in [3.05, 3.63) is 35.9 Å². The highest BCUT2D eigenvalue weighted by molar-refractivity contribution is 5.76. The highest BCUT2D eigenvalue weighted by atomic mass is 16.6. The quantitative estimate of drug-likeness (QED) is 0.559. The third-order valence-corrected chi connectivity index (χ3v) is 3.26. The number of rotatable bonds is 7. The second-order valence-corrected chi connectivity index (χ2v) is 5.53. The Morgan fingerprint density at radius 1 is 1.21 bits per heavy atom. The van der Waals surface area contributed by atoms with Gasteiger partial charge in [-0.05, 0) is 31.7 Å². The van der Waals surface area contributed by atoms with Crippen molar-refractivity contribution in [2.24, 2.45) is 5.41 Å². The summed E-state index contributed by atoms with van der Waals surface area (Å²) in [6, 6.07) is 10.2. The van der Waals surface area contributed by atoms with Crippen LogP contribution in [0.4, 0.5) is 0 Å². The third-order valence-electron chi connectivity index (χ3n) is 3.26. The number of hydrogen-bond acceptors (Lipinski definition) is 3. The average Bonchev–Trinajstić information content (AvgIpc) is 2.39. The number of carbonyl (C=O) groups is 1. The van der Waals surface area contributed by atoms with Crippen LogP contribution in [0, 0.1) is 5.41 Å². The summed E-state index contributed by atoms with van der Waals surface area (Å²) in [5, 5.41) is 0. The summed E-state index contributed by atoms with van der Waals surface area (Å²) in [6.45, 7) is 6.76. The van der Waals surface area contributed by atoms with Crippen LogP contribution in [0.2, 0.25) is 0 Å². The predicted octanol–water partition coefficient (Wildman–Crippen LogP) is 3.40. The normalized spacial score (nSPS) is 13.1. The van der Waals surface area contributed by atoms with Gasteiger partial charge in [0.05, 0.1) is 12.0 Å². The van der Waals surface area contributed by atoms with Gasteiger partial charge in [-0.3, -0.25) is 4.79 Å². The zero-order valence-corrected chi connectivity index (χ0v) is 12.3. The molecule has 106 valence electrons. The lowest BCUT2D eigenvalue weighted by Gasteiger charge is -2.26. The molecule has 3 nitrogen and oxygen atoms in total. The standard InChI is InChI=1S/C16H24O3/c1-13(14-8-6-5-7-9-14)12-16(2,3)15(17)19-11-10-18-4/h5-9,13H,10-12H2,1-4H3. The molecule has 0 saturated heterocycles. The van der Waals surface area contributed by atoms with E-state index in [1.54, 1.807) is 7.11 Å². The van der Waals surface area contributed by atoms with E-state index in [9.17, 15) is 4.79 Å². The summed E-state index contributed by atoms with van der Waals surface area (Å²) in [7, 11) is 1.59. The lowest BCUT2D eigenvalue weighted by atomic mass is 9.81. The fourth-order valence-electron chi connectivity index (χ4n) is 2.16. The highest BCUT2D eigenvalue weighted by Gasteiger charge is 2.31. The van der Waals surface area contributed by atoms with Crippen molar-refractivity contribution in [3.8, 4) is 0 Å². The van der Waals surface area contributed by atoms with Crippen molar-refractivity contribution < 1.29 is 14.3 Å². The number of methoxy groups -OCH3 is 1. The number of hydrogen-bond donors (Lipinski definition) is 0. The number of carbonyl (C=O) groups excluding carboxylic acids is 1. The van der Waals surface area contributed by atoms with E-state index in [2.05, 4.69) is 19.1 Å². The maximum absolute atomic E-state index is 12.0. The smallest absolute Gasteiger partial charge is 0.311 e. The molecule has 19 heavy (non-hydrogen) atoms. The van der Waals surface area contributed by atoms with Crippen LogP contribution in [-0.4, -0.2) is 26.3 Å². The molecule has 0 aliphatic heterocycles. The van der Waals surface area contributed by atoms with Crippen molar-refractivity contribution >= 4 is 5.97 Å². The minimum Gasteiger partial charge on any atom is -0.463 e. The molecular formula is C16H24O3. The van der Waals surface area contributed by atoms with Gasteiger partial charge < -0.3 is 9.47 Å². The molecule has 1 unspecified atom stereocenters. The van der Waals surface area contributed by atoms with Gasteiger partial charge >= 0.3 is 5.97 Å². The monoisotopic (exact) mass is 264 g/mol. The summed E-state index contributed by atoms with van der Waals surface area (Å²) >= 11 is 0. The van der Waals surface area contributed by atoms with E-state index in [0.717, 1.165) is 6.42 Å². The maximum atomic E-state index is 12.0. The molecule has 0 amide bonds. The number of ether oxygens (including phenoxy) is 2. The molecule has 1 aromatic carbocycles. The molecule has 0 saturated carbocycles. The number of esters is 1. The summed E-state index contributed by atoms with van der Waals surface area (Å²) < 4.78 is 10.1. The number of benzene rings is 1. The summed E-state index contributed by atoms with van der Waals surface area (Å²) in [5.41, 5.74) is 0.767. The first-order chi connectivity index (χ1) is 8.97. The van der Waals surface area contributed by atoms with Gasteiger partial charge in [0.15, 0.2) is 0 Å². The second kappa shape index (κ2) is 7.29. The molecule has 0 aliphatic carbocycles. The Morgan fingerprint density at radius 2 is 1.84 bits per heavy atom. The predicted molar refractivity (Wildman–Crippen MR) is 76.1 cm³/mol. The SMILES string of the molecule is COCCOC(=O)C(C)(C)CC(C)c1ccccc1. The van der Waals surface area contributed by atoms with Crippen LogP contribution in [0.3, 0.4) is 0 Å². The summed E-state index contributed by atoms with van der Waals surface area (Å²) in [5.74, 6) is 0.165. The van der Waals surface area contributed by atoms with E-state index in [-0.39, 0.29) is 5.97 Å². The summed E-state index contributed by atoms with van der Waals surface area (Å²) in [4.78, 5) is 12.0. The first-order valence-electron chi connectivity index (χ1n) is 6.68. The maximum Gasteiger partial charge on any atom is 0.311 e.